The molecule has 3 N–H and O–H groups in total. The number of aromatic hydroxyl groups is 1. The van der Waals surface area contributed by atoms with E-state index in [2.05, 4.69) is 0 Å². The molecule has 3 heteroatoms. The predicted molar refractivity (Wildman–Crippen MR) is 45.0 cm³/mol. The van der Waals surface area contributed by atoms with E-state index in [1.165, 1.54) is 6.07 Å². The summed E-state index contributed by atoms with van der Waals surface area (Å²) >= 11 is 0. The Morgan fingerprint density at radius 3 is 2.33 bits per heavy atom. The summed E-state index contributed by atoms with van der Waals surface area (Å²) < 4.78 is 0. The van der Waals surface area contributed by atoms with Crippen LogP contribution in [-0.2, 0) is 0 Å². The number of phenolic OH excluding ortho intramolecular Hbond substituents is 1. The van der Waals surface area contributed by atoms with Gasteiger partial charge in [0.2, 0.25) is 0 Å². The van der Waals surface area contributed by atoms with Gasteiger partial charge < -0.3 is 15.3 Å². The number of hydrogen-bond donors (Lipinski definition) is 3. The first-order valence-corrected chi connectivity index (χ1v) is 3.78. The largest absolute Gasteiger partial charge is 0.508 e. The van der Waals surface area contributed by atoms with Gasteiger partial charge in [-0.2, -0.15) is 0 Å². The maximum atomic E-state index is 9.09. The second-order valence-electron chi connectivity index (χ2n) is 2.66. The number of aliphatic hydroxyl groups excluding tert-OH is 2. The third kappa shape index (κ3) is 1.96. The lowest BCUT2D eigenvalue weighted by Gasteiger charge is -2.10. The lowest BCUT2D eigenvalue weighted by Crippen LogP contribution is -2.08. The molecule has 0 fully saturated rings. The highest BCUT2D eigenvalue weighted by atomic mass is 16.3. The molecule has 0 saturated heterocycles. The van der Waals surface area contributed by atoms with Crippen LogP contribution in [0, 0.1) is 0 Å². The van der Waals surface area contributed by atoms with Crippen LogP contribution in [0.2, 0.25) is 0 Å². The Bertz CT molecular complexity index is 243. The molecule has 0 heterocycles. The summed E-state index contributed by atoms with van der Waals surface area (Å²) in [5, 5.41) is 26.7. The third-order valence-corrected chi connectivity index (χ3v) is 1.78. The van der Waals surface area contributed by atoms with Gasteiger partial charge in [0.25, 0.3) is 0 Å². The van der Waals surface area contributed by atoms with Crippen molar-refractivity contribution >= 4 is 0 Å². The molecule has 0 radical (unpaired) electrons. The fourth-order valence-electron chi connectivity index (χ4n) is 1.05. The van der Waals surface area contributed by atoms with E-state index in [9.17, 15) is 0 Å². The van der Waals surface area contributed by atoms with Gasteiger partial charge >= 0.3 is 0 Å². The fraction of sp³-hybridized carbons (Fsp3) is 0.333. The van der Waals surface area contributed by atoms with Crippen molar-refractivity contribution in [2.75, 3.05) is 13.2 Å². The zero-order chi connectivity index (χ0) is 8.97. The van der Waals surface area contributed by atoms with Crippen LogP contribution >= 0.6 is 0 Å². The van der Waals surface area contributed by atoms with Crippen molar-refractivity contribution in [3.05, 3.63) is 29.8 Å². The van der Waals surface area contributed by atoms with E-state index in [0.717, 1.165) is 5.56 Å². The molecular weight excluding hydrogens is 156 g/mol. The van der Waals surface area contributed by atoms with E-state index in [0.29, 0.717) is 0 Å². The Morgan fingerprint density at radius 2 is 1.83 bits per heavy atom. The second kappa shape index (κ2) is 4.09. The molecule has 0 saturated carbocycles. The van der Waals surface area contributed by atoms with Crippen LogP contribution in [0.3, 0.4) is 0 Å². The van der Waals surface area contributed by atoms with Gasteiger partial charge in [0.15, 0.2) is 0 Å². The van der Waals surface area contributed by atoms with E-state index >= 15 is 0 Å². The molecule has 1 rings (SSSR count). The zero-order valence-electron chi connectivity index (χ0n) is 6.64. The first-order chi connectivity index (χ1) is 5.77. The van der Waals surface area contributed by atoms with Gasteiger partial charge in [0.1, 0.15) is 5.75 Å². The molecule has 0 amide bonds. The van der Waals surface area contributed by atoms with Crippen molar-refractivity contribution < 1.29 is 15.3 Å². The summed E-state index contributed by atoms with van der Waals surface area (Å²) in [7, 11) is 0. The molecule has 12 heavy (non-hydrogen) atoms. The smallest absolute Gasteiger partial charge is 0.115 e. The summed E-state index contributed by atoms with van der Waals surface area (Å²) in [6.07, 6.45) is 0. The number of phenols is 1. The first kappa shape index (κ1) is 9.03. The lowest BCUT2D eigenvalue weighted by molar-refractivity contribution is 0.192. The molecular formula is C9H12O3. The minimum Gasteiger partial charge on any atom is -0.508 e. The maximum absolute atomic E-state index is 9.09. The van der Waals surface area contributed by atoms with Gasteiger partial charge in [0, 0.05) is 5.92 Å². The molecule has 1 aromatic rings. The van der Waals surface area contributed by atoms with Crippen molar-refractivity contribution in [2.45, 2.75) is 5.92 Å². The lowest BCUT2D eigenvalue weighted by atomic mass is 10.0. The molecule has 0 bridgehead atoms. The van der Waals surface area contributed by atoms with E-state index < -0.39 is 0 Å². The van der Waals surface area contributed by atoms with Gasteiger partial charge in [-0.15, -0.1) is 0 Å². The summed E-state index contributed by atoms with van der Waals surface area (Å²) in [5.74, 6) is -0.142. The van der Waals surface area contributed by atoms with Gasteiger partial charge in [-0.05, 0) is 17.7 Å². The quantitative estimate of drug-likeness (QED) is 0.614. The minimum absolute atomic E-state index is 0.111. The maximum Gasteiger partial charge on any atom is 0.115 e. The Kier molecular flexibility index (Phi) is 3.08. The average Bonchev–Trinajstić information content (AvgIpc) is 2.07. The van der Waals surface area contributed by atoms with E-state index in [1.807, 2.05) is 0 Å². The fourth-order valence-corrected chi connectivity index (χ4v) is 1.05. The third-order valence-electron chi connectivity index (χ3n) is 1.78. The molecule has 0 spiro atoms. The highest BCUT2D eigenvalue weighted by Gasteiger charge is 2.08. The molecule has 0 unspecified atom stereocenters. The summed E-state index contributed by atoms with van der Waals surface area (Å²) in [5.41, 5.74) is 0.750. The molecule has 66 valence electrons. The average molecular weight is 168 g/mol. The topological polar surface area (TPSA) is 60.7 Å². The van der Waals surface area contributed by atoms with Crippen LogP contribution in [0.1, 0.15) is 11.5 Å². The van der Waals surface area contributed by atoms with Crippen molar-refractivity contribution in [3.63, 3.8) is 0 Å². The van der Waals surface area contributed by atoms with Crippen LogP contribution in [0.15, 0.2) is 24.3 Å². The molecule has 0 aliphatic carbocycles. The molecule has 0 aromatic heterocycles. The summed E-state index contributed by atoms with van der Waals surface area (Å²) in [6.45, 7) is -0.222. The van der Waals surface area contributed by atoms with Gasteiger partial charge in [-0.1, -0.05) is 12.1 Å². The Morgan fingerprint density at radius 1 is 1.17 bits per heavy atom. The van der Waals surface area contributed by atoms with Crippen molar-refractivity contribution in [3.8, 4) is 5.75 Å². The zero-order valence-corrected chi connectivity index (χ0v) is 6.64. The number of rotatable bonds is 3. The number of hydrogen-bond acceptors (Lipinski definition) is 3. The van der Waals surface area contributed by atoms with E-state index in [-0.39, 0.29) is 24.9 Å². The Balaban J connectivity index is 2.85. The normalized spacial score (nSPS) is 10.6. The highest BCUT2D eigenvalue weighted by molar-refractivity contribution is 5.29. The minimum atomic E-state index is -0.294. The monoisotopic (exact) mass is 168 g/mol. The predicted octanol–water partition coefficient (Wildman–Crippen LogP) is 0.460. The first-order valence-electron chi connectivity index (χ1n) is 3.78. The van der Waals surface area contributed by atoms with Gasteiger partial charge in [0.05, 0.1) is 13.2 Å². The van der Waals surface area contributed by atoms with Gasteiger partial charge in [-0.25, -0.2) is 0 Å². The summed E-state index contributed by atoms with van der Waals surface area (Å²) in [4.78, 5) is 0. The van der Waals surface area contributed by atoms with Crippen LogP contribution in [-0.4, -0.2) is 28.5 Å². The van der Waals surface area contributed by atoms with Crippen LogP contribution < -0.4 is 0 Å². The SMILES string of the molecule is OCC(CO)c1cccc(O)c1. The van der Waals surface area contributed by atoms with E-state index in [1.54, 1.807) is 18.2 Å². The molecule has 0 aliphatic rings. The Hall–Kier alpha value is -1.06. The van der Waals surface area contributed by atoms with Crippen molar-refractivity contribution in [1.29, 1.82) is 0 Å². The van der Waals surface area contributed by atoms with E-state index in [4.69, 9.17) is 15.3 Å². The van der Waals surface area contributed by atoms with Crippen molar-refractivity contribution in [2.24, 2.45) is 0 Å². The number of aliphatic hydroxyl groups is 2. The van der Waals surface area contributed by atoms with Crippen molar-refractivity contribution in [1.82, 2.24) is 0 Å². The Labute approximate surface area is 70.9 Å². The second-order valence-corrected chi connectivity index (χ2v) is 2.66. The molecule has 0 atom stereocenters. The van der Waals surface area contributed by atoms with Crippen LogP contribution in [0.5, 0.6) is 5.75 Å². The molecule has 0 aliphatic heterocycles. The molecule has 1 aromatic carbocycles. The standard InChI is InChI=1S/C9H12O3/c10-5-8(6-11)7-2-1-3-9(12)4-7/h1-4,8,10-12H,5-6H2. The van der Waals surface area contributed by atoms with Gasteiger partial charge in [-0.3, -0.25) is 0 Å². The summed E-state index contributed by atoms with van der Waals surface area (Å²) in [6, 6.07) is 6.53. The molecule has 3 nitrogen and oxygen atoms in total. The highest BCUT2D eigenvalue weighted by Crippen LogP contribution is 2.18. The number of benzene rings is 1. The van der Waals surface area contributed by atoms with Crippen LogP contribution in [0.25, 0.3) is 0 Å². The van der Waals surface area contributed by atoms with Crippen LogP contribution in [0.4, 0.5) is 0 Å².